The van der Waals surface area contributed by atoms with Gasteiger partial charge >= 0.3 is 0 Å². The molecule has 4 rings (SSSR count). The standard InChI is InChI=1S/C19H15N3O4/c1-22-18(23)9-7-15(21-22)12-2-5-14(6-3-12)20-19(24)13-4-8-16-17(10-13)26-11-25-16/h2-10H,11H2,1H3,(H,20,24). The maximum Gasteiger partial charge on any atom is 0.266 e. The first-order valence-corrected chi connectivity index (χ1v) is 7.96. The van der Waals surface area contributed by atoms with Gasteiger partial charge in [0, 0.05) is 29.9 Å². The molecular formula is C19H15N3O4. The van der Waals surface area contributed by atoms with E-state index in [9.17, 15) is 9.59 Å². The van der Waals surface area contributed by atoms with E-state index in [4.69, 9.17) is 9.47 Å². The summed E-state index contributed by atoms with van der Waals surface area (Å²) in [5.41, 5.74) is 2.50. The molecule has 7 nitrogen and oxygen atoms in total. The fourth-order valence-corrected chi connectivity index (χ4v) is 2.62. The van der Waals surface area contributed by atoms with E-state index >= 15 is 0 Å². The van der Waals surface area contributed by atoms with Crippen molar-refractivity contribution in [1.29, 1.82) is 0 Å². The average molecular weight is 349 g/mol. The summed E-state index contributed by atoms with van der Waals surface area (Å²) in [6, 6.07) is 15.4. The maximum atomic E-state index is 12.4. The molecule has 0 fully saturated rings. The molecule has 0 saturated carbocycles. The number of hydrogen-bond acceptors (Lipinski definition) is 5. The number of benzene rings is 2. The van der Waals surface area contributed by atoms with Crippen molar-refractivity contribution in [3.63, 3.8) is 0 Å². The molecule has 3 aromatic rings. The topological polar surface area (TPSA) is 82.5 Å². The van der Waals surface area contributed by atoms with E-state index in [2.05, 4.69) is 10.4 Å². The second-order valence-electron chi connectivity index (χ2n) is 5.78. The molecule has 2 heterocycles. The van der Waals surface area contributed by atoms with Crippen LogP contribution in [0.1, 0.15) is 10.4 Å². The Morgan fingerprint density at radius 3 is 2.58 bits per heavy atom. The third-order valence-corrected chi connectivity index (χ3v) is 4.03. The van der Waals surface area contributed by atoms with Gasteiger partial charge in [0.25, 0.3) is 11.5 Å². The number of carbonyl (C=O) groups excluding carboxylic acids is 1. The largest absolute Gasteiger partial charge is 0.454 e. The number of nitrogens with zero attached hydrogens (tertiary/aromatic N) is 2. The first-order valence-electron chi connectivity index (χ1n) is 7.96. The molecule has 0 bridgehead atoms. The van der Waals surface area contributed by atoms with Gasteiger partial charge in [0.05, 0.1) is 5.69 Å². The Balaban J connectivity index is 1.51. The Labute approximate surface area is 148 Å². The molecule has 1 aliphatic heterocycles. The molecule has 1 aromatic heterocycles. The second-order valence-corrected chi connectivity index (χ2v) is 5.78. The van der Waals surface area contributed by atoms with E-state index in [1.54, 1.807) is 43.4 Å². The molecule has 1 N–H and O–H groups in total. The van der Waals surface area contributed by atoms with Crippen molar-refractivity contribution in [3.05, 3.63) is 70.5 Å². The Hall–Kier alpha value is -3.61. The molecule has 26 heavy (non-hydrogen) atoms. The molecule has 2 aromatic carbocycles. The molecule has 0 atom stereocenters. The first kappa shape index (κ1) is 15.9. The highest BCUT2D eigenvalue weighted by Gasteiger charge is 2.16. The minimum absolute atomic E-state index is 0.165. The number of carbonyl (C=O) groups is 1. The van der Waals surface area contributed by atoms with Crippen LogP contribution >= 0.6 is 0 Å². The normalized spacial score (nSPS) is 12.0. The van der Waals surface area contributed by atoms with Crippen molar-refractivity contribution >= 4 is 11.6 Å². The molecule has 0 radical (unpaired) electrons. The van der Waals surface area contributed by atoms with Gasteiger partial charge in [-0.1, -0.05) is 12.1 Å². The highest BCUT2D eigenvalue weighted by molar-refractivity contribution is 6.04. The third kappa shape index (κ3) is 3.02. The fraction of sp³-hybridized carbons (Fsp3) is 0.105. The van der Waals surface area contributed by atoms with Crippen LogP contribution < -0.4 is 20.3 Å². The Kier molecular flexibility index (Phi) is 3.89. The quantitative estimate of drug-likeness (QED) is 0.785. The number of ether oxygens (including phenoxy) is 2. The summed E-state index contributed by atoms with van der Waals surface area (Å²) < 4.78 is 11.8. The number of fused-ring (bicyclic) bond motifs is 1. The van der Waals surface area contributed by atoms with Crippen LogP contribution in [0.2, 0.25) is 0 Å². The highest BCUT2D eigenvalue weighted by atomic mass is 16.7. The Morgan fingerprint density at radius 1 is 1.04 bits per heavy atom. The zero-order chi connectivity index (χ0) is 18.1. The van der Waals surface area contributed by atoms with Gasteiger partial charge in [-0.2, -0.15) is 5.10 Å². The van der Waals surface area contributed by atoms with Gasteiger partial charge in [0.15, 0.2) is 11.5 Å². The summed E-state index contributed by atoms with van der Waals surface area (Å²) in [7, 11) is 1.60. The molecule has 0 aliphatic carbocycles. The van der Waals surface area contributed by atoms with E-state index in [1.165, 1.54) is 10.7 Å². The Bertz CT molecular complexity index is 1040. The lowest BCUT2D eigenvalue weighted by atomic mass is 10.1. The Morgan fingerprint density at radius 2 is 1.81 bits per heavy atom. The van der Waals surface area contributed by atoms with E-state index in [1.807, 2.05) is 12.1 Å². The van der Waals surface area contributed by atoms with Crippen molar-refractivity contribution < 1.29 is 14.3 Å². The first-order chi connectivity index (χ1) is 12.6. The molecule has 0 unspecified atom stereocenters. The lowest BCUT2D eigenvalue weighted by molar-refractivity contribution is 0.102. The molecular weight excluding hydrogens is 334 g/mol. The second kappa shape index (κ2) is 6.36. The summed E-state index contributed by atoms with van der Waals surface area (Å²) in [4.78, 5) is 23.8. The SMILES string of the molecule is Cn1nc(-c2ccc(NC(=O)c3ccc4c(c3)OCO4)cc2)ccc1=O. The molecule has 7 heteroatoms. The average Bonchev–Trinajstić information content (AvgIpc) is 3.12. The fourth-order valence-electron chi connectivity index (χ4n) is 2.62. The minimum Gasteiger partial charge on any atom is -0.454 e. The van der Waals surface area contributed by atoms with Crippen LogP contribution in [-0.2, 0) is 7.05 Å². The monoisotopic (exact) mass is 349 g/mol. The smallest absolute Gasteiger partial charge is 0.266 e. The van der Waals surface area contributed by atoms with Crippen molar-refractivity contribution in [2.75, 3.05) is 12.1 Å². The van der Waals surface area contributed by atoms with Crippen LogP contribution in [0.15, 0.2) is 59.4 Å². The number of amides is 1. The van der Waals surface area contributed by atoms with Gasteiger partial charge in [0.1, 0.15) is 0 Å². The van der Waals surface area contributed by atoms with Crippen LogP contribution in [0.25, 0.3) is 11.3 Å². The van der Waals surface area contributed by atoms with Gasteiger partial charge in [0.2, 0.25) is 6.79 Å². The van der Waals surface area contributed by atoms with E-state index in [-0.39, 0.29) is 18.3 Å². The summed E-state index contributed by atoms with van der Waals surface area (Å²) in [5, 5.41) is 7.04. The summed E-state index contributed by atoms with van der Waals surface area (Å²) in [6.45, 7) is 0.168. The number of hydrogen-bond donors (Lipinski definition) is 1. The summed E-state index contributed by atoms with van der Waals surface area (Å²) in [5.74, 6) is 0.959. The van der Waals surface area contributed by atoms with Crippen molar-refractivity contribution in [3.8, 4) is 22.8 Å². The molecule has 0 spiro atoms. The van der Waals surface area contributed by atoms with Gasteiger partial charge < -0.3 is 14.8 Å². The predicted octanol–water partition coefficient (Wildman–Crippen LogP) is 2.43. The highest BCUT2D eigenvalue weighted by Crippen LogP contribution is 2.32. The summed E-state index contributed by atoms with van der Waals surface area (Å²) in [6.07, 6.45) is 0. The van der Waals surface area contributed by atoms with E-state index < -0.39 is 0 Å². The van der Waals surface area contributed by atoms with Crippen LogP contribution in [0, 0.1) is 0 Å². The van der Waals surface area contributed by atoms with E-state index in [0.29, 0.717) is 28.4 Å². The summed E-state index contributed by atoms with van der Waals surface area (Å²) >= 11 is 0. The van der Waals surface area contributed by atoms with Crippen LogP contribution in [0.4, 0.5) is 5.69 Å². The molecule has 130 valence electrons. The van der Waals surface area contributed by atoms with Gasteiger partial charge in [-0.15, -0.1) is 0 Å². The van der Waals surface area contributed by atoms with Gasteiger partial charge in [-0.25, -0.2) is 4.68 Å². The van der Waals surface area contributed by atoms with Crippen molar-refractivity contribution in [1.82, 2.24) is 9.78 Å². The lowest BCUT2D eigenvalue weighted by Gasteiger charge is -2.07. The maximum absolute atomic E-state index is 12.4. The van der Waals surface area contributed by atoms with E-state index in [0.717, 1.165) is 5.56 Å². The molecule has 1 aliphatic rings. The number of aromatic nitrogens is 2. The lowest BCUT2D eigenvalue weighted by Crippen LogP contribution is -2.18. The molecule has 1 amide bonds. The van der Waals surface area contributed by atoms with Crippen LogP contribution in [0.5, 0.6) is 11.5 Å². The number of rotatable bonds is 3. The number of anilines is 1. The third-order valence-electron chi connectivity index (χ3n) is 4.03. The zero-order valence-electron chi connectivity index (χ0n) is 13.9. The van der Waals surface area contributed by atoms with Gasteiger partial charge in [-0.3, -0.25) is 9.59 Å². The zero-order valence-corrected chi connectivity index (χ0v) is 13.9. The van der Waals surface area contributed by atoms with Crippen molar-refractivity contribution in [2.24, 2.45) is 7.05 Å². The number of nitrogens with one attached hydrogen (secondary N) is 1. The van der Waals surface area contributed by atoms with Crippen LogP contribution in [0.3, 0.4) is 0 Å². The van der Waals surface area contributed by atoms with Crippen molar-refractivity contribution in [2.45, 2.75) is 0 Å². The number of aryl methyl sites for hydroxylation is 1. The minimum atomic E-state index is -0.240. The van der Waals surface area contributed by atoms with Gasteiger partial charge in [-0.05, 0) is 36.4 Å². The predicted molar refractivity (Wildman–Crippen MR) is 95.4 cm³/mol. The van der Waals surface area contributed by atoms with Crippen LogP contribution in [-0.4, -0.2) is 22.5 Å². The molecule has 0 saturated heterocycles.